The molecule has 1 amide bonds. The zero-order valence-electron chi connectivity index (χ0n) is 14.4. The number of amides is 1. The lowest BCUT2D eigenvalue weighted by molar-refractivity contribution is -0.120. The van der Waals surface area contributed by atoms with Gasteiger partial charge in [0.2, 0.25) is 17.6 Å². The van der Waals surface area contributed by atoms with Gasteiger partial charge in [0, 0.05) is 18.0 Å². The Labute approximate surface area is 150 Å². The third kappa shape index (κ3) is 4.15. The minimum Gasteiger partial charge on any atom is -0.493 e. The highest BCUT2D eigenvalue weighted by molar-refractivity contribution is 5.78. The first-order valence-electron chi connectivity index (χ1n) is 7.90. The molecule has 0 spiro atoms. The molecule has 0 fully saturated rings. The lowest BCUT2D eigenvalue weighted by Gasteiger charge is -2.09. The molecule has 8 heteroatoms. The van der Waals surface area contributed by atoms with Gasteiger partial charge in [0.25, 0.3) is 0 Å². The summed E-state index contributed by atoms with van der Waals surface area (Å²) in [6.07, 6.45) is 3.50. The number of rotatable bonds is 7. The molecule has 2 heterocycles. The number of carbonyl (C=O) groups excluding carboxylic acids is 1. The lowest BCUT2D eigenvalue weighted by Crippen LogP contribution is -2.24. The normalized spacial score (nSPS) is 10.4. The van der Waals surface area contributed by atoms with E-state index in [1.807, 2.05) is 6.07 Å². The van der Waals surface area contributed by atoms with E-state index >= 15 is 0 Å². The molecule has 0 bridgehead atoms. The number of carbonyl (C=O) groups is 1. The lowest BCUT2D eigenvalue weighted by atomic mass is 10.1. The summed E-state index contributed by atoms with van der Waals surface area (Å²) in [6.45, 7) is 0.157. The van der Waals surface area contributed by atoms with E-state index in [2.05, 4.69) is 20.4 Å². The van der Waals surface area contributed by atoms with Gasteiger partial charge in [-0.15, -0.1) is 0 Å². The Kier molecular flexibility index (Phi) is 5.43. The molecular formula is C18H18N4O4. The van der Waals surface area contributed by atoms with Crippen LogP contribution in [0.1, 0.15) is 11.5 Å². The second-order valence-corrected chi connectivity index (χ2v) is 5.39. The predicted molar refractivity (Wildman–Crippen MR) is 92.6 cm³/mol. The summed E-state index contributed by atoms with van der Waals surface area (Å²) in [7, 11) is 3.12. The summed E-state index contributed by atoms with van der Waals surface area (Å²) in [5.41, 5.74) is 1.61. The average Bonchev–Trinajstić information content (AvgIpc) is 3.16. The monoisotopic (exact) mass is 354 g/mol. The number of aromatic nitrogens is 3. The van der Waals surface area contributed by atoms with Crippen LogP contribution in [-0.2, 0) is 17.8 Å². The summed E-state index contributed by atoms with van der Waals surface area (Å²) in [4.78, 5) is 20.3. The van der Waals surface area contributed by atoms with E-state index in [9.17, 15) is 4.79 Å². The zero-order chi connectivity index (χ0) is 18.4. The van der Waals surface area contributed by atoms with Gasteiger partial charge in [0.15, 0.2) is 11.5 Å². The van der Waals surface area contributed by atoms with Gasteiger partial charge in [-0.25, -0.2) is 0 Å². The van der Waals surface area contributed by atoms with Crippen LogP contribution in [0.5, 0.6) is 11.5 Å². The molecule has 0 atom stereocenters. The molecule has 0 aliphatic carbocycles. The summed E-state index contributed by atoms with van der Waals surface area (Å²) < 4.78 is 15.6. The molecule has 0 saturated heterocycles. The number of pyridine rings is 1. The van der Waals surface area contributed by atoms with Crippen molar-refractivity contribution < 1.29 is 18.8 Å². The van der Waals surface area contributed by atoms with Gasteiger partial charge >= 0.3 is 0 Å². The van der Waals surface area contributed by atoms with E-state index in [0.717, 1.165) is 11.1 Å². The third-order valence-electron chi connectivity index (χ3n) is 3.66. The Morgan fingerprint density at radius 3 is 2.62 bits per heavy atom. The van der Waals surface area contributed by atoms with E-state index in [0.29, 0.717) is 23.2 Å². The van der Waals surface area contributed by atoms with E-state index in [1.54, 1.807) is 50.9 Å². The smallest absolute Gasteiger partial charge is 0.246 e. The fourth-order valence-corrected chi connectivity index (χ4v) is 2.36. The Hall–Kier alpha value is -3.42. The summed E-state index contributed by atoms with van der Waals surface area (Å²) in [6, 6.07) is 8.91. The summed E-state index contributed by atoms with van der Waals surface area (Å²) >= 11 is 0. The van der Waals surface area contributed by atoms with Crippen molar-refractivity contribution in [2.75, 3.05) is 14.2 Å². The van der Waals surface area contributed by atoms with Crippen LogP contribution in [-0.4, -0.2) is 35.3 Å². The Balaban J connectivity index is 1.57. The van der Waals surface area contributed by atoms with Crippen LogP contribution in [0.3, 0.4) is 0 Å². The van der Waals surface area contributed by atoms with Crippen LogP contribution in [0.15, 0.2) is 47.2 Å². The fourth-order valence-electron chi connectivity index (χ4n) is 2.36. The van der Waals surface area contributed by atoms with Crippen LogP contribution in [0, 0.1) is 0 Å². The summed E-state index contributed by atoms with van der Waals surface area (Å²) in [5, 5.41) is 6.65. The Morgan fingerprint density at radius 1 is 1.12 bits per heavy atom. The highest BCUT2D eigenvalue weighted by Crippen LogP contribution is 2.27. The number of benzene rings is 1. The van der Waals surface area contributed by atoms with Gasteiger partial charge in [0.05, 0.1) is 27.2 Å². The fraction of sp³-hybridized carbons (Fsp3) is 0.222. The molecule has 134 valence electrons. The topological polar surface area (TPSA) is 99.4 Å². The van der Waals surface area contributed by atoms with Crippen molar-refractivity contribution in [1.29, 1.82) is 0 Å². The second-order valence-electron chi connectivity index (χ2n) is 5.39. The molecule has 2 aromatic heterocycles. The molecule has 0 unspecified atom stereocenters. The van der Waals surface area contributed by atoms with E-state index in [1.165, 1.54) is 0 Å². The van der Waals surface area contributed by atoms with Crippen molar-refractivity contribution in [2.24, 2.45) is 0 Å². The molecule has 26 heavy (non-hydrogen) atoms. The van der Waals surface area contributed by atoms with Gasteiger partial charge in [-0.05, 0) is 29.8 Å². The van der Waals surface area contributed by atoms with Crippen molar-refractivity contribution >= 4 is 5.91 Å². The first-order valence-corrected chi connectivity index (χ1v) is 7.90. The van der Waals surface area contributed by atoms with Crippen LogP contribution >= 0.6 is 0 Å². The van der Waals surface area contributed by atoms with Gasteiger partial charge in [-0.1, -0.05) is 11.2 Å². The third-order valence-corrected chi connectivity index (χ3v) is 3.66. The molecule has 8 nitrogen and oxygen atoms in total. The van der Waals surface area contributed by atoms with Crippen LogP contribution in [0.4, 0.5) is 0 Å². The summed E-state index contributed by atoms with van der Waals surface area (Å²) in [5.74, 6) is 1.82. The Morgan fingerprint density at radius 2 is 1.88 bits per heavy atom. The van der Waals surface area contributed by atoms with Gasteiger partial charge in [-0.3, -0.25) is 9.78 Å². The van der Waals surface area contributed by atoms with Crippen LogP contribution in [0.25, 0.3) is 11.4 Å². The highest BCUT2D eigenvalue weighted by Gasteiger charge is 2.11. The maximum absolute atomic E-state index is 12.1. The second kappa shape index (κ2) is 8.11. The molecule has 0 aliphatic heterocycles. The van der Waals surface area contributed by atoms with Crippen molar-refractivity contribution in [3.05, 3.63) is 54.2 Å². The SMILES string of the molecule is COc1ccc(CC(=O)NCc2nc(-c3ccncc3)no2)cc1OC. The molecule has 3 aromatic rings. The molecule has 3 rings (SSSR count). The van der Waals surface area contributed by atoms with Crippen molar-refractivity contribution in [2.45, 2.75) is 13.0 Å². The van der Waals surface area contributed by atoms with E-state index in [-0.39, 0.29) is 18.9 Å². The minimum absolute atomic E-state index is 0.157. The van der Waals surface area contributed by atoms with E-state index < -0.39 is 0 Å². The van der Waals surface area contributed by atoms with Crippen molar-refractivity contribution in [3.8, 4) is 22.9 Å². The zero-order valence-corrected chi connectivity index (χ0v) is 14.4. The molecule has 0 radical (unpaired) electrons. The van der Waals surface area contributed by atoms with Crippen molar-refractivity contribution in [1.82, 2.24) is 20.4 Å². The van der Waals surface area contributed by atoms with Gasteiger partial charge in [0.1, 0.15) is 0 Å². The minimum atomic E-state index is -0.166. The molecule has 0 saturated carbocycles. The van der Waals surface area contributed by atoms with Crippen LogP contribution in [0.2, 0.25) is 0 Å². The number of hydrogen-bond acceptors (Lipinski definition) is 7. The largest absolute Gasteiger partial charge is 0.493 e. The molecule has 1 aromatic carbocycles. The molecule has 1 N–H and O–H groups in total. The van der Waals surface area contributed by atoms with Crippen molar-refractivity contribution in [3.63, 3.8) is 0 Å². The molecule has 0 aliphatic rings. The van der Waals surface area contributed by atoms with Crippen LogP contribution < -0.4 is 14.8 Å². The van der Waals surface area contributed by atoms with Gasteiger partial charge in [-0.2, -0.15) is 4.98 Å². The highest BCUT2D eigenvalue weighted by atomic mass is 16.5. The first-order chi connectivity index (χ1) is 12.7. The standard InChI is InChI=1S/C18H18N4O4/c1-24-14-4-3-12(9-15(14)25-2)10-16(23)20-11-17-21-18(22-26-17)13-5-7-19-8-6-13/h3-9H,10-11H2,1-2H3,(H,20,23). The number of nitrogens with one attached hydrogen (secondary N) is 1. The Bertz CT molecular complexity index is 880. The number of methoxy groups -OCH3 is 2. The van der Waals surface area contributed by atoms with E-state index in [4.69, 9.17) is 14.0 Å². The number of nitrogens with zero attached hydrogens (tertiary/aromatic N) is 3. The predicted octanol–water partition coefficient (Wildman–Crippen LogP) is 2.01. The maximum Gasteiger partial charge on any atom is 0.246 e. The maximum atomic E-state index is 12.1. The number of ether oxygens (including phenoxy) is 2. The first kappa shape index (κ1) is 17.4. The average molecular weight is 354 g/mol. The quantitative estimate of drug-likeness (QED) is 0.693. The number of hydrogen-bond donors (Lipinski definition) is 1. The molecular weight excluding hydrogens is 336 g/mol. The van der Waals surface area contributed by atoms with Gasteiger partial charge < -0.3 is 19.3 Å².